The van der Waals surface area contributed by atoms with Crippen molar-refractivity contribution in [1.82, 2.24) is 14.7 Å². The van der Waals surface area contributed by atoms with Crippen molar-refractivity contribution in [2.75, 3.05) is 0 Å². The summed E-state index contributed by atoms with van der Waals surface area (Å²) in [4.78, 5) is 19.8. The molecule has 2 aromatic rings. The monoisotopic (exact) mass is 445 g/mol. The summed E-state index contributed by atoms with van der Waals surface area (Å²) in [7, 11) is -4.84. The van der Waals surface area contributed by atoms with Crippen molar-refractivity contribution in [2.24, 2.45) is 0 Å². The minimum Gasteiger partial charge on any atom is -0.274 e. The Hall–Kier alpha value is -2.45. The fourth-order valence-electron chi connectivity index (χ4n) is 2.78. The smallest absolute Gasteiger partial charge is 0.274 e. The van der Waals surface area contributed by atoms with Crippen LogP contribution in [0.15, 0.2) is 24.5 Å². The summed E-state index contributed by atoms with van der Waals surface area (Å²) in [6.07, 6.45) is 0.622. The van der Waals surface area contributed by atoms with Gasteiger partial charge in [0, 0.05) is 30.8 Å². The summed E-state index contributed by atoms with van der Waals surface area (Å²) < 4.78 is 65.7. The number of aryl methyl sites for hydroxylation is 1. The zero-order chi connectivity index (χ0) is 21.9. The first-order chi connectivity index (χ1) is 13.5. The predicted octanol–water partition coefficient (Wildman–Crippen LogP) is 3.54. The van der Waals surface area contributed by atoms with Gasteiger partial charge in [0.15, 0.2) is 0 Å². The van der Waals surface area contributed by atoms with Crippen molar-refractivity contribution < 1.29 is 26.4 Å². The van der Waals surface area contributed by atoms with E-state index in [1.807, 2.05) is 5.92 Å². The van der Waals surface area contributed by atoms with Gasteiger partial charge < -0.3 is 0 Å². The van der Waals surface area contributed by atoms with Crippen LogP contribution in [0.5, 0.6) is 0 Å². The number of sulfonamides is 1. The molecule has 156 valence electrons. The molecule has 0 spiro atoms. The van der Waals surface area contributed by atoms with Crippen LogP contribution >= 0.6 is 11.3 Å². The largest absolute Gasteiger partial charge is 0.391 e. The maximum absolute atomic E-state index is 13.5. The second-order valence-electron chi connectivity index (χ2n) is 6.22. The van der Waals surface area contributed by atoms with Crippen LogP contribution in [0.2, 0.25) is 0 Å². The average molecular weight is 445 g/mol. The lowest BCUT2D eigenvalue weighted by Gasteiger charge is -2.32. The van der Waals surface area contributed by atoms with E-state index >= 15 is 0 Å². The van der Waals surface area contributed by atoms with Crippen LogP contribution in [-0.4, -0.2) is 30.5 Å². The van der Waals surface area contributed by atoms with Gasteiger partial charge in [-0.3, -0.25) is 14.5 Å². The molecule has 2 heterocycles. The standard InChI is InChI=1S/C18H18F3N3O3S2/c1-4-8-17(11-18(19,20)21,29(26,27)24-14(25)5-2)15-12(3)23-16(28-15)13-7-6-9-22-10-13/h1,6-7,9-10H,5,8,11H2,2-3H3,(H,24,25). The van der Waals surface area contributed by atoms with E-state index in [1.54, 1.807) is 16.9 Å². The highest BCUT2D eigenvalue weighted by Gasteiger charge is 2.55. The number of amides is 1. The van der Waals surface area contributed by atoms with Gasteiger partial charge in [-0.05, 0) is 19.1 Å². The Balaban J connectivity index is 2.75. The number of nitrogens with zero attached hydrogens (tertiary/aromatic N) is 2. The lowest BCUT2D eigenvalue weighted by atomic mass is 9.97. The third kappa shape index (κ3) is 4.94. The molecule has 1 atom stereocenters. The molecule has 0 bridgehead atoms. The molecule has 0 fully saturated rings. The molecule has 29 heavy (non-hydrogen) atoms. The lowest BCUT2D eigenvalue weighted by Crippen LogP contribution is -2.48. The molecular weight excluding hydrogens is 427 g/mol. The maximum atomic E-state index is 13.5. The fraction of sp³-hybridized carbons (Fsp3) is 0.389. The molecule has 2 rings (SSSR count). The molecule has 1 unspecified atom stereocenters. The minimum absolute atomic E-state index is 0.0858. The number of aromatic nitrogens is 2. The van der Waals surface area contributed by atoms with Crippen LogP contribution in [0, 0.1) is 19.3 Å². The highest BCUT2D eigenvalue weighted by atomic mass is 32.2. The van der Waals surface area contributed by atoms with Crippen molar-refractivity contribution in [2.45, 2.75) is 44.0 Å². The summed E-state index contributed by atoms with van der Waals surface area (Å²) in [5.41, 5.74) is 0.603. The number of hydrogen-bond acceptors (Lipinski definition) is 6. The molecule has 0 aliphatic carbocycles. The van der Waals surface area contributed by atoms with Gasteiger partial charge in [-0.1, -0.05) is 6.92 Å². The first kappa shape index (κ1) is 22.8. The van der Waals surface area contributed by atoms with Gasteiger partial charge in [0.1, 0.15) is 9.75 Å². The average Bonchev–Trinajstić information content (AvgIpc) is 3.02. The van der Waals surface area contributed by atoms with Crippen LogP contribution in [0.25, 0.3) is 10.6 Å². The second-order valence-corrected chi connectivity index (χ2v) is 9.22. The summed E-state index contributed by atoms with van der Waals surface area (Å²) in [6, 6.07) is 3.27. The molecule has 11 heteroatoms. The van der Waals surface area contributed by atoms with E-state index in [4.69, 9.17) is 6.42 Å². The van der Waals surface area contributed by atoms with Gasteiger partial charge in [0.2, 0.25) is 15.9 Å². The van der Waals surface area contributed by atoms with Gasteiger partial charge in [-0.25, -0.2) is 13.4 Å². The third-order valence-electron chi connectivity index (χ3n) is 4.08. The number of rotatable bonds is 7. The van der Waals surface area contributed by atoms with Crippen molar-refractivity contribution in [1.29, 1.82) is 0 Å². The summed E-state index contributed by atoms with van der Waals surface area (Å²) in [5.74, 6) is 1.11. The highest BCUT2D eigenvalue weighted by molar-refractivity contribution is 7.91. The minimum atomic E-state index is -4.87. The van der Waals surface area contributed by atoms with E-state index in [0.717, 1.165) is 11.3 Å². The van der Waals surface area contributed by atoms with Crippen LogP contribution in [0.4, 0.5) is 13.2 Å². The molecule has 0 radical (unpaired) electrons. The summed E-state index contributed by atoms with van der Waals surface area (Å²) in [5, 5.41) is 0.297. The number of pyridine rings is 1. The van der Waals surface area contributed by atoms with Crippen molar-refractivity contribution >= 4 is 27.3 Å². The molecule has 1 N–H and O–H groups in total. The number of carbonyl (C=O) groups is 1. The van der Waals surface area contributed by atoms with E-state index in [0.29, 0.717) is 10.6 Å². The number of thiazole rings is 1. The normalized spacial score (nSPS) is 14.1. The van der Waals surface area contributed by atoms with Crippen LogP contribution in [0.1, 0.15) is 36.8 Å². The molecule has 2 aromatic heterocycles. The van der Waals surface area contributed by atoms with Crippen LogP contribution in [-0.2, 0) is 19.6 Å². The number of nitrogens with one attached hydrogen (secondary N) is 1. The van der Waals surface area contributed by atoms with Crippen molar-refractivity contribution in [3.8, 4) is 22.9 Å². The summed E-state index contributed by atoms with van der Waals surface area (Å²) in [6.45, 7) is 2.79. The Morgan fingerprint density at radius 3 is 2.59 bits per heavy atom. The maximum Gasteiger partial charge on any atom is 0.391 e. The van der Waals surface area contributed by atoms with Crippen molar-refractivity contribution in [3.63, 3.8) is 0 Å². The fourth-order valence-corrected chi connectivity index (χ4v) is 6.03. The Labute approximate surface area is 170 Å². The van der Waals surface area contributed by atoms with E-state index in [2.05, 4.69) is 9.97 Å². The molecule has 0 aliphatic rings. The first-order valence-electron chi connectivity index (χ1n) is 8.39. The molecule has 1 amide bonds. The predicted molar refractivity (Wildman–Crippen MR) is 103 cm³/mol. The Morgan fingerprint density at radius 1 is 1.38 bits per heavy atom. The molecular formula is C18H18F3N3O3S2. The van der Waals surface area contributed by atoms with E-state index in [1.165, 1.54) is 26.2 Å². The molecule has 6 nitrogen and oxygen atoms in total. The topological polar surface area (TPSA) is 89.0 Å². The van der Waals surface area contributed by atoms with Gasteiger partial charge in [0.05, 0.1) is 17.0 Å². The molecule has 0 saturated carbocycles. The number of alkyl halides is 3. The van der Waals surface area contributed by atoms with Crippen LogP contribution in [0.3, 0.4) is 0 Å². The molecule has 0 saturated heterocycles. The van der Waals surface area contributed by atoms with Crippen molar-refractivity contribution in [3.05, 3.63) is 35.1 Å². The quantitative estimate of drug-likeness (QED) is 0.659. The third-order valence-corrected chi connectivity index (χ3v) is 7.63. The summed E-state index contributed by atoms with van der Waals surface area (Å²) >= 11 is 0.785. The molecule has 0 aliphatic heterocycles. The van der Waals surface area contributed by atoms with Crippen LogP contribution < -0.4 is 4.72 Å². The van der Waals surface area contributed by atoms with Gasteiger partial charge in [0.25, 0.3) is 0 Å². The second kappa shape index (κ2) is 8.51. The Bertz CT molecular complexity index is 1030. The van der Waals surface area contributed by atoms with E-state index in [-0.39, 0.29) is 17.0 Å². The highest BCUT2D eigenvalue weighted by Crippen LogP contribution is 2.47. The number of terminal acetylenes is 1. The number of halogens is 3. The number of hydrogen-bond donors (Lipinski definition) is 1. The Kier molecular flexibility index (Phi) is 6.70. The first-order valence-corrected chi connectivity index (χ1v) is 10.7. The van der Waals surface area contributed by atoms with Gasteiger partial charge in [-0.2, -0.15) is 13.2 Å². The zero-order valence-electron chi connectivity index (χ0n) is 15.6. The SMILES string of the molecule is C#CCC(CC(F)(F)F)(c1sc(-c2cccnc2)nc1C)S(=O)(=O)NC(=O)CC. The van der Waals surface area contributed by atoms with Gasteiger partial charge >= 0.3 is 6.18 Å². The van der Waals surface area contributed by atoms with E-state index < -0.39 is 39.7 Å². The van der Waals surface area contributed by atoms with E-state index in [9.17, 15) is 26.4 Å². The lowest BCUT2D eigenvalue weighted by molar-refractivity contribution is -0.142. The zero-order valence-corrected chi connectivity index (χ0v) is 17.2. The molecule has 0 aromatic carbocycles. The Morgan fingerprint density at radius 2 is 2.07 bits per heavy atom. The number of carbonyl (C=O) groups excluding carboxylic acids is 1. The van der Waals surface area contributed by atoms with Gasteiger partial charge in [-0.15, -0.1) is 23.7 Å².